The Hall–Kier alpha value is -1.36. The molecule has 0 aliphatic heterocycles. The Labute approximate surface area is 113 Å². The molecule has 0 saturated carbocycles. The van der Waals surface area contributed by atoms with E-state index >= 15 is 0 Å². The molecule has 1 rings (SSSR count). The Bertz CT molecular complexity index is 340. The van der Waals surface area contributed by atoms with Gasteiger partial charge in [-0.1, -0.05) is 25.5 Å². The number of carboxylic acid groups (broad SMARTS) is 1. The number of carbonyl (C=O) groups is 2. The normalized spacial score (nSPS) is 23.9. The third kappa shape index (κ3) is 4.67. The average Bonchev–Trinajstić information content (AvgIpc) is 2.43. The maximum Gasteiger partial charge on any atom is 0.307 e. The summed E-state index contributed by atoms with van der Waals surface area (Å²) < 4.78 is 0. The van der Waals surface area contributed by atoms with Crippen LogP contribution in [0.2, 0.25) is 0 Å². The molecule has 1 amide bonds. The fourth-order valence-electron chi connectivity index (χ4n) is 2.39. The molecule has 5 heteroatoms. The van der Waals surface area contributed by atoms with Crippen LogP contribution in [0.25, 0.3) is 0 Å². The highest BCUT2D eigenvalue weighted by Gasteiger charge is 2.33. The van der Waals surface area contributed by atoms with Crippen LogP contribution < -0.4 is 5.32 Å². The van der Waals surface area contributed by atoms with E-state index in [1.165, 1.54) is 0 Å². The minimum absolute atomic E-state index is 0.109. The van der Waals surface area contributed by atoms with E-state index in [2.05, 4.69) is 5.32 Å². The molecular weight excluding hydrogens is 246 g/mol. The summed E-state index contributed by atoms with van der Waals surface area (Å²) in [5, 5.41) is 20.8. The second-order valence-corrected chi connectivity index (χ2v) is 5.03. The van der Waals surface area contributed by atoms with Crippen LogP contribution in [0.15, 0.2) is 12.2 Å². The van der Waals surface area contributed by atoms with Gasteiger partial charge in [0.1, 0.15) is 0 Å². The standard InChI is InChI=1S/C14H23NO4/c1-2-10(7-8-16)9-15-13(17)11-5-3-4-6-12(11)14(18)19/h3-4,10-12,16H,2,5-9H2,1H3,(H,15,17)(H,18,19). The van der Waals surface area contributed by atoms with Gasteiger partial charge in [0.25, 0.3) is 0 Å². The van der Waals surface area contributed by atoms with Gasteiger partial charge >= 0.3 is 5.97 Å². The first-order valence-corrected chi connectivity index (χ1v) is 6.86. The van der Waals surface area contributed by atoms with Crippen LogP contribution in [0.4, 0.5) is 0 Å². The number of hydrogen-bond acceptors (Lipinski definition) is 3. The van der Waals surface area contributed by atoms with Gasteiger partial charge in [0.2, 0.25) is 5.91 Å². The first-order chi connectivity index (χ1) is 9.10. The van der Waals surface area contributed by atoms with Crippen LogP contribution >= 0.6 is 0 Å². The van der Waals surface area contributed by atoms with E-state index < -0.39 is 17.8 Å². The van der Waals surface area contributed by atoms with Crippen molar-refractivity contribution in [3.8, 4) is 0 Å². The number of hydrogen-bond donors (Lipinski definition) is 3. The Morgan fingerprint density at radius 3 is 2.47 bits per heavy atom. The predicted molar refractivity (Wildman–Crippen MR) is 71.5 cm³/mol. The molecule has 0 radical (unpaired) electrons. The lowest BCUT2D eigenvalue weighted by Crippen LogP contribution is -2.40. The number of aliphatic carboxylic acids is 1. The van der Waals surface area contributed by atoms with E-state index in [-0.39, 0.29) is 18.4 Å². The van der Waals surface area contributed by atoms with Gasteiger partial charge in [0.05, 0.1) is 11.8 Å². The topological polar surface area (TPSA) is 86.6 Å². The molecule has 3 N–H and O–H groups in total. The zero-order chi connectivity index (χ0) is 14.3. The van der Waals surface area contributed by atoms with Crippen molar-refractivity contribution in [1.82, 2.24) is 5.32 Å². The molecule has 19 heavy (non-hydrogen) atoms. The van der Waals surface area contributed by atoms with Crippen LogP contribution in [-0.2, 0) is 9.59 Å². The molecule has 3 atom stereocenters. The highest BCUT2D eigenvalue weighted by atomic mass is 16.4. The number of aliphatic hydroxyl groups is 1. The lowest BCUT2D eigenvalue weighted by Gasteiger charge is -2.25. The smallest absolute Gasteiger partial charge is 0.307 e. The van der Waals surface area contributed by atoms with E-state index in [4.69, 9.17) is 10.2 Å². The van der Waals surface area contributed by atoms with E-state index in [0.29, 0.717) is 25.8 Å². The summed E-state index contributed by atoms with van der Waals surface area (Å²) in [7, 11) is 0. The van der Waals surface area contributed by atoms with Gasteiger partial charge in [-0.15, -0.1) is 0 Å². The van der Waals surface area contributed by atoms with Crippen molar-refractivity contribution < 1.29 is 19.8 Å². The number of aliphatic hydroxyl groups excluding tert-OH is 1. The summed E-state index contributed by atoms with van der Waals surface area (Å²) in [5.41, 5.74) is 0. The number of rotatable bonds is 7. The molecule has 0 aromatic rings. The lowest BCUT2D eigenvalue weighted by molar-refractivity contribution is -0.147. The van der Waals surface area contributed by atoms with Gasteiger partial charge in [-0.05, 0) is 25.2 Å². The van der Waals surface area contributed by atoms with Gasteiger partial charge < -0.3 is 15.5 Å². The fourth-order valence-corrected chi connectivity index (χ4v) is 2.39. The second kappa shape index (κ2) is 7.94. The molecule has 0 bridgehead atoms. The summed E-state index contributed by atoms with van der Waals surface area (Å²) in [6.07, 6.45) is 6.14. The molecular formula is C14H23NO4. The van der Waals surface area contributed by atoms with Gasteiger partial charge in [-0.3, -0.25) is 9.59 Å². The third-order valence-electron chi connectivity index (χ3n) is 3.77. The Balaban J connectivity index is 2.51. The van der Waals surface area contributed by atoms with Gasteiger partial charge in [-0.25, -0.2) is 0 Å². The minimum Gasteiger partial charge on any atom is -0.481 e. The van der Waals surface area contributed by atoms with E-state index in [0.717, 1.165) is 6.42 Å². The average molecular weight is 269 g/mol. The van der Waals surface area contributed by atoms with Crippen LogP contribution in [0.1, 0.15) is 32.6 Å². The maximum atomic E-state index is 12.1. The number of carbonyl (C=O) groups excluding carboxylic acids is 1. The van der Waals surface area contributed by atoms with E-state index in [1.807, 2.05) is 19.1 Å². The van der Waals surface area contributed by atoms with Crippen molar-refractivity contribution in [3.63, 3.8) is 0 Å². The van der Waals surface area contributed by atoms with Crippen molar-refractivity contribution in [2.75, 3.05) is 13.2 Å². The number of allylic oxidation sites excluding steroid dienone is 2. The molecule has 5 nitrogen and oxygen atoms in total. The monoisotopic (exact) mass is 269 g/mol. The van der Waals surface area contributed by atoms with Gasteiger partial charge in [-0.2, -0.15) is 0 Å². The summed E-state index contributed by atoms with van der Waals surface area (Å²) >= 11 is 0. The molecule has 0 heterocycles. The molecule has 0 spiro atoms. The van der Waals surface area contributed by atoms with Crippen molar-refractivity contribution in [2.24, 2.45) is 17.8 Å². The van der Waals surface area contributed by atoms with Gasteiger partial charge in [0, 0.05) is 13.2 Å². The summed E-state index contributed by atoms with van der Waals surface area (Å²) in [4.78, 5) is 23.2. The van der Waals surface area contributed by atoms with Crippen molar-refractivity contribution in [1.29, 1.82) is 0 Å². The molecule has 108 valence electrons. The molecule has 0 aromatic heterocycles. The summed E-state index contributed by atoms with van der Waals surface area (Å²) in [5.74, 6) is -1.95. The zero-order valence-electron chi connectivity index (χ0n) is 11.3. The van der Waals surface area contributed by atoms with Crippen molar-refractivity contribution in [2.45, 2.75) is 32.6 Å². The largest absolute Gasteiger partial charge is 0.481 e. The maximum absolute atomic E-state index is 12.1. The Morgan fingerprint density at radius 1 is 1.32 bits per heavy atom. The minimum atomic E-state index is -0.910. The predicted octanol–water partition coefficient (Wildman–Crippen LogP) is 1.18. The molecule has 0 aromatic carbocycles. The molecule has 0 fully saturated rings. The van der Waals surface area contributed by atoms with Crippen LogP contribution in [-0.4, -0.2) is 35.2 Å². The van der Waals surface area contributed by atoms with E-state index in [9.17, 15) is 9.59 Å². The number of carboxylic acids is 1. The first-order valence-electron chi connectivity index (χ1n) is 6.86. The van der Waals surface area contributed by atoms with Crippen LogP contribution in [0.3, 0.4) is 0 Å². The second-order valence-electron chi connectivity index (χ2n) is 5.03. The van der Waals surface area contributed by atoms with Crippen molar-refractivity contribution >= 4 is 11.9 Å². The number of amides is 1. The third-order valence-corrected chi connectivity index (χ3v) is 3.77. The van der Waals surface area contributed by atoms with Crippen LogP contribution in [0, 0.1) is 17.8 Å². The summed E-state index contributed by atoms with van der Waals surface area (Å²) in [6, 6.07) is 0. The number of nitrogens with one attached hydrogen (secondary N) is 1. The first kappa shape index (κ1) is 15.7. The highest BCUT2D eigenvalue weighted by molar-refractivity contribution is 5.85. The molecule has 1 aliphatic carbocycles. The fraction of sp³-hybridized carbons (Fsp3) is 0.714. The van der Waals surface area contributed by atoms with E-state index in [1.54, 1.807) is 0 Å². The SMILES string of the molecule is CCC(CCO)CNC(=O)C1CC=CCC1C(=O)O. The van der Waals surface area contributed by atoms with Crippen LogP contribution in [0.5, 0.6) is 0 Å². The zero-order valence-corrected chi connectivity index (χ0v) is 11.3. The molecule has 3 unspecified atom stereocenters. The lowest BCUT2D eigenvalue weighted by atomic mass is 9.82. The van der Waals surface area contributed by atoms with Gasteiger partial charge in [0.15, 0.2) is 0 Å². The Morgan fingerprint density at radius 2 is 1.95 bits per heavy atom. The Kier molecular flexibility index (Phi) is 6.56. The van der Waals surface area contributed by atoms with Crippen molar-refractivity contribution in [3.05, 3.63) is 12.2 Å². The molecule has 0 saturated heterocycles. The summed E-state index contributed by atoms with van der Waals surface area (Å²) in [6.45, 7) is 2.62. The quantitative estimate of drug-likeness (QED) is 0.606. The highest BCUT2D eigenvalue weighted by Crippen LogP contribution is 2.26. The molecule has 1 aliphatic rings.